The van der Waals surface area contributed by atoms with Gasteiger partial charge < -0.3 is 9.84 Å². The summed E-state index contributed by atoms with van der Waals surface area (Å²) in [7, 11) is 0. The first-order valence-corrected chi connectivity index (χ1v) is 4.41. The van der Waals surface area contributed by atoms with E-state index >= 15 is 0 Å². The Balaban J connectivity index is 2.21. The Hall–Kier alpha value is -1.28. The number of hydrogen-bond donors (Lipinski definition) is 1. The molecular weight excluding hydrogens is 164 g/mol. The number of aliphatic hydroxyl groups is 1. The molecule has 1 aliphatic heterocycles. The molecule has 1 heterocycles. The van der Waals surface area contributed by atoms with Gasteiger partial charge in [-0.1, -0.05) is 30.3 Å². The van der Waals surface area contributed by atoms with Gasteiger partial charge in [-0.15, -0.1) is 0 Å². The van der Waals surface area contributed by atoms with Crippen molar-refractivity contribution in [3.8, 4) is 0 Å². The van der Waals surface area contributed by atoms with Crippen molar-refractivity contribution < 1.29 is 9.84 Å². The largest absolute Gasteiger partial charge is 0.491 e. The van der Waals surface area contributed by atoms with Gasteiger partial charge in [-0.3, -0.25) is 0 Å². The van der Waals surface area contributed by atoms with Crippen LogP contribution in [0.4, 0.5) is 0 Å². The van der Waals surface area contributed by atoms with Gasteiger partial charge in [0.05, 0.1) is 12.4 Å². The summed E-state index contributed by atoms with van der Waals surface area (Å²) in [5, 5.41) is 9.65. The summed E-state index contributed by atoms with van der Waals surface area (Å²) in [6.45, 7) is 0. The molecule has 0 bridgehead atoms. The standard InChI is InChI=1S/C11H12O2/c12-10-7-4-8-13-11(10)9-5-2-1-3-6-9/h1-6,8,10-12H,7H2. The third kappa shape index (κ3) is 1.73. The highest BCUT2D eigenvalue weighted by Gasteiger charge is 2.22. The van der Waals surface area contributed by atoms with Crippen molar-refractivity contribution in [3.63, 3.8) is 0 Å². The lowest BCUT2D eigenvalue weighted by Gasteiger charge is -2.25. The summed E-state index contributed by atoms with van der Waals surface area (Å²) in [5.41, 5.74) is 1.03. The molecule has 68 valence electrons. The maximum atomic E-state index is 9.65. The molecular formula is C11H12O2. The molecule has 2 unspecified atom stereocenters. The van der Waals surface area contributed by atoms with E-state index in [1.165, 1.54) is 0 Å². The van der Waals surface area contributed by atoms with E-state index in [1.54, 1.807) is 6.26 Å². The van der Waals surface area contributed by atoms with Crippen molar-refractivity contribution in [1.82, 2.24) is 0 Å². The Kier molecular flexibility index (Phi) is 2.32. The van der Waals surface area contributed by atoms with Gasteiger partial charge in [-0.2, -0.15) is 0 Å². The summed E-state index contributed by atoms with van der Waals surface area (Å²) in [6, 6.07) is 9.78. The van der Waals surface area contributed by atoms with E-state index in [2.05, 4.69) is 0 Å². The first kappa shape index (κ1) is 8.32. The highest BCUT2D eigenvalue weighted by atomic mass is 16.5. The maximum Gasteiger partial charge on any atom is 0.149 e. The van der Waals surface area contributed by atoms with Crippen LogP contribution in [0.2, 0.25) is 0 Å². The van der Waals surface area contributed by atoms with Crippen LogP contribution in [0.1, 0.15) is 18.1 Å². The monoisotopic (exact) mass is 176 g/mol. The SMILES string of the molecule is OC1CC=COC1c1ccccc1. The third-order valence-electron chi connectivity index (χ3n) is 2.18. The average Bonchev–Trinajstić information content (AvgIpc) is 2.20. The van der Waals surface area contributed by atoms with Gasteiger partial charge in [0.25, 0.3) is 0 Å². The van der Waals surface area contributed by atoms with E-state index in [1.807, 2.05) is 36.4 Å². The molecule has 1 aromatic carbocycles. The molecule has 0 fully saturated rings. The fourth-order valence-corrected chi connectivity index (χ4v) is 1.49. The van der Waals surface area contributed by atoms with E-state index in [4.69, 9.17) is 4.74 Å². The number of hydrogen-bond acceptors (Lipinski definition) is 2. The first-order valence-electron chi connectivity index (χ1n) is 4.41. The summed E-state index contributed by atoms with van der Waals surface area (Å²) < 4.78 is 5.35. The van der Waals surface area contributed by atoms with Gasteiger partial charge in [-0.25, -0.2) is 0 Å². The van der Waals surface area contributed by atoms with Crippen LogP contribution in [-0.4, -0.2) is 11.2 Å². The lowest BCUT2D eigenvalue weighted by molar-refractivity contribution is -0.00281. The Bertz CT molecular complexity index is 292. The predicted molar refractivity (Wildman–Crippen MR) is 50.0 cm³/mol. The topological polar surface area (TPSA) is 29.5 Å². The molecule has 2 nitrogen and oxygen atoms in total. The lowest BCUT2D eigenvalue weighted by Crippen LogP contribution is -2.21. The van der Waals surface area contributed by atoms with Gasteiger partial charge >= 0.3 is 0 Å². The Labute approximate surface area is 77.5 Å². The van der Waals surface area contributed by atoms with Crippen LogP contribution in [0, 0.1) is 0 Å². The van der Waals surface area contributed by atoms with Crippen LogP contribution in [0.15, 0.2) is 42.7 Å². The van der Waals surface area contributed by atoms with Gasteiger partial charge in [0.2, 0.25) is 0 Å². The van der Waals surface area contributed by atoms with Crippen molar-refractivity contribution in [2.75, 3.05) is 0 Å². The Morgan fingerprint density at radius 3 is 2.69 bits per heavy atom. The maximum absolute atomic E-state index is 9.65. The second-order valence-corrected chi connectivity index (χ2v) is 3.14. The fraction of sp³-hybridized carbons (Fsp3) is 0.273. The molecule has 2 heteroatoms. The van der Waals surface area contributed by atoms with Crippen LogP contribution in [-0.2, 0) is 4.74 Å². The number of benzene rings is 1. The van der Waals surface area contributed by atoms with Gasteiger partial charge in [-0.05, 0) is 18.1 Å². The molecule has 1 N–H and O–H groups in total. The highest BCUT2D eigenvalue weighted by Crippen LogP contribution is 2.26. The molecule has 0 saturated carbocycles. The summed E-state index contributed by atoms with van der Waals surface area (Å²) in [5.74, 6) is 0. The third-order valence-corrected chi connectivity index (χ3v) is 2.18. The smallest absolute Gasteiger partial charge is 0.149 e. The van der Waals surface area contributed by atoms with Crippen LogP contribution in [0.25, 0.3) is 0 Å². The zero-order valence-electron chi connectivity index (χ0n) is 7.26. The van der Waals surface area contributed by atoms with E-state index in [-0.39, 0.29) is 6.10 Å². The van der Waals surface area contributed by atoms with E-state index in [0.29, 0.717) is 6.42 Å². The summed E-state index contributed by atoms with van der Waals surface area (Å²) in [6.07, 6.45) is 3.53. The van der Waals surface area contributed by atoms with Gasteiger partial charge in [0.15, 0.2) is 0 Å². The molecule has 0 saturated heterocycles. The normalized spacial score (nSPS) is 26.8. The quantitative estimate of drug-likeness (QED) is 0.709. The molecule has 2 atom stereocenters. The Morgan fingerprint density at radius 1 is 1.23 bits per heavy atom. The van der Waals surface area contributed by atoms with Gasteiger partial charge in [0.1, 0.15) is 6.10 Å². The molecule has 0 radical (unpaired) electrons. The molecule has 0 aliphatic carbocycles. The molecule has 0 spiro atoms. The van der Waals surface area contributed by atoms with E-state index in [0.717, 1.165) is 5.56 Å². The highest BCUT2D eigenvalue weighted by molar-refractivity contribution is 5.19. The van der Waals surface area contributed by atoms with Crippen molar-refractivity contribution in [2.45, 2.75) is 18.6 Å². The van der Waals surface area contributed by atoms with Crippen LogP contribution in [0.5, 0.6) is 0 Å². The predicted octanol–water partition coefficient (Wildman–Crippen LogP) is 2.02. The van der Waals surface area contributed by atoms with Crippen LogP contribution < -0.4 is 0 Å². The van der Waals surface area contributed by atoms with Crippen molar-refractivity contribution in [3.05, 3.63) is 48.2 Å². The van der Waals surface area contributed by atoms with E-state index < -0.39 is 6.10 Å². The van der Waals surface area contributed by atoms with Crippen LogP contribution >= 0.6 is 0 Å². The van der Waals surface area contributed by atoms with E-state index in [9.17, 15) is 5.11 Å². The number of aliphatic hydroxyl groups excluding tert-OH is 1. The van der Waals surface area contributed by atoms with Crippen molar-refractivity contribution >= 4 is 0 Å². The average molecular weight is 176 g/mol. The zero-order chi connectivity index (χ0) is 9.10. The van der Waals surface area contributed by atoms with Crippen molar-refractivity contribution in [2.24, 2.45) is 0 Å². The zero-order valence-corrected chi connectivity index (χ0v) is 7.26. The molecule has 2 rings (SSSR count). The number of rotatable bonds is 1. The fourth-order valence-electron chi connectivity index (χ4n) is 1.49. The molecule has 13 heavy (non-hydrogen) atoms. The lowest BCUT2D eigenvalue weighted by atomic mass is 10.0. The summed E-state index contributed by atoms with van der Waals surface area (Å²) in [4.78, 5) is 0. The summed E-state index contributed by atoms with van der Waals surface area (Å²) >= 11 is 0. The minimum absolute atomic E-state index is 0.203. The van der Waals surface area contributed by atoms with Crippen LogP contribution in [0.3, 0.4) is 0 Å². The molecule has 1 aliphatic rings. The molecule has 0 aromatic heterocycles. The minimum Gasteiger partial charge on any atom is -0.491 e. The van der Waals surface area contributed by atoms with Crippen molar-refractivity contribution in [1.29, 1.82) is 0 Å². The second kappa shape index (κ2) is 3.62. The molecule has 0 amide bonds. The number of ether oxygens (including phenoxy) is 1. The second-order valence-electron chi connectivity index (χ2n) is 3.14. The Morgan fingerprint density at radius 2 is 2.00 bits per heavy atom. The van der Waals surface area contributed by atoms with Gasteiger partial charge in [0, 0.05) is 0 Å². The minimum atomic E-state index is -0.424. The molecule has 1 aromatic rings. The first-order chi connectivity index (χ1) is 6.38.